The molecular weight excluding hydrogens is 436 g/mol. The van der Waals surface area contributed by atoms with Gasteiger partial charge in [-0.05, 0) is 71.8 Å². The van der Waals surface area contributed by atoms with E-state index in [4.69, 9.17) is 5.11 Å². The van der Waals surface area contributed by atoms with Gasteiger partial charge in [0.05, 0.1) is 6.54 Å². The van der Waals surface area contributed by atoms with Crippen LogP contribution in [0.4, 0.5) is 0 Å². The average molecular weight is 469 g/mol. The smallest absolute Gasteiger partial charge is 0.250 e. The van der Waals surface area contributed by atoms with Gasteiger partial charge in [0, 0.05) is 36.6 Å². The van der Waals surface area contributed by atoms with Crippen molar-refractivity contribution >= 4 is 5.78 Å². The van der Waals surface area contributed by atoms with E-state index in [9.17, 15) is 9.59 Å². The van der Waals surface area contributed by atoms with E-state index in [1.807, 2.05) is 44.2 Å². The number of hydrogen-bond donors (Lipinski definition) is 1. The van der Waals surface area contributed by atoms with E-state index in [1.165, 1.54) is 11.1 Å². The predicted octanol–water partition coefficient (Wildman–Crippen LogP) is 5.74. The number of pyridine rings is 2. The van der Waals surface area contributed by atoms with E-state index >= 15 is 0 Å². The number of phenols is 1. The monoisotopic (exact) mass is 468 g/mol. The number of Topliss-reactive ketones (excluding diaryl/α,β-unsaturated/α-hetero) is 1. The van der Waals surface area contributed by atoms with Crippen LogP contribution in [-0.2, 0) is 19.4 Å². The number of ketones is 1. The van der Waals surface area contributed by atoms with Crippen LogP contribution in [0.5, 0.6) is 5.75 Å². The first-order valence-corrected chi connectivity index (χ1v) is 11.9. The van der Waals surface area contributed by atoms with Crippen LogP contribution >= 0.6 is 0 Å². The molecule has 0 aliphatic carbocycles. The Balaban J connectivity index is 0.000000287. The number of rotatable bonds is 7. The molecule has 0 radical (unpaired) electrons. The highest BCUT2D eigenvalue weighted by Gasteiger charge is 2.06. The summed E-state index contributed by atoms with van der Waals surface area (Å²) >= 11 is 0. The maximum atomic E-state index is 11.8. The van der Waals surface area contributed by atoms with Crippen molar-refractivity contribution in [3.05, 3.63) is 129 Å². The van der Waals surface area contributed by atoms with Crippen LogP contribution < -0.4 is 5.56 Å². The zero-order valence-electron chi connectivity index (χ0n) is 20.6. The number of benzene rings is 2. The second-order valence-corrected chi connectivity index (χ2v) is 8.48. The van der Waals surface area contributed by atoms with E-state index in [2.05, 4.69) is 24.0 Å². The van der Waals surface area contributed by atoms with Gasteiger partial charge in [0.15, 0.2) is 5.78 Å². The summed E-state index contributed by atoms with van der Waals surface area (Å²) in [6.07, 6.45) is 7.45. The lowest BCUT2D eigenvalue weighted by Crippen LogP contribution is -2.18. The van der Waals surface area contributed by atoms with Gasteiger partial charge in [0.2, 0.25) is 0 Å². The first-order valence-electron chi connectivity index (χ1n) is 11.9. The van der Waals surface area contributed by atoms with Crippen molar-refractivity contribution in [2.24, 2.45) is 0 Å². The molecule has 0 amide bonds. The van der Waals surface area contributed by atoms with Gasteiger partial charge in [-0.2, -0.15) is 0 Å². The Labute approximate surface area is 206 Å². The maximum Gasteiger partial charge on any atom is 0.250 e. The van der Waals surface area contributed by atoms with Gasteiger partial charge in [-0.25, -0.2) is 0 Å². The van der Waals surface area contributed by atoms with Crippen molar-refractivity contribution in [2.45, 2.75) is 46.6 Å². The molecule has 4 aromatic rings. The summed E-state index contributed by atoms with van der Waals surface area (Å²) in [6.45, 7) is 6.53. The standard InChI is InChI=1S/C21H20N2O2.C9H12O/c1-2-20(24)19-12-18(13-22-14-19)11-16-6-8-17(9-7-16)15-23-10-4-3-5-21(23)25;1-3-8-4-5-9(10)6-7(8)2/h3-10,12-14H,2,11,15H2,1H3;4-6,10H,3H2,1-2H3. The number of nitrogens with zero attached hydrogens (tertiary/aromatic N) is 2. The molecule has 0 atom stereocenters. The van der Waals surface area contributed by atoms with E-state index in [0.717, 1.165) is 29.5 Å². The van der Waals surface area contributed by atoms with Crippen molar-refractivity contribution in [1.82, 2.24) is 9.55 Å². The van der Waals surface area contributed by atoms with Gasteiger partial charge in [0.1, 0.15) is 5.75 Å². The predicted molar refractivity (Wildman–Crippen MR) is 140 cm³/mol. The molecule has 2 aromatic heterocycles. The largest absolute Gasteiger partial charge is 0.508 e. The second kappa shape index (κ2) is 12.5. The second-order valence-electron chi connectivity index (χ2n) is 8.48. The van der Waals surface area contributed by atoms with Crippen LogP contribution in [0, 0.1) is 6.92 Å². The SMILES string of the molecule is CCC(=O)c1cncc(Cc2ccc(Cn3ccccc3=O)cc2)c1.CCc1ccc(O)cc1C. The maximum absolute atomic E-state index is 11.8. The number of carbonyl (C=O) groups excluding carboxylic acids is 1. The summed E-state index contributed by atoms with van der Waals surface area (Å²) in [4.78, 5) is 27.7. The molecule has 2 aromatic carbocycles. The molecule has 35 heavy (non-hydrogen) atoms. The molecule has 0 aliphatic rings. The molecule has 5 nitrogen and oxygen atoms in total. The minimum Gasteiger partial charge on any atom is -0.508 e. The Bertz CT molecular complexity index is 1320. The van der Waals surface area contributed by atoms with Gasteiger partial charge in [-0.1, -0.05) is 50.2 Å². The first kappa shape index (κ1) is 25.6. The fraction of sp³-hybridized carbons (Fsp3) is 0.233. The Morgan fingerprint density at radius 2 is 1.66 bits per heavy atom. The third-order valence-corrected chi connectivity index (χ3v) is 5.83. The zero-order valence-corrected chi connectivity index (χ0v) is 20.6. The third kappa shape index (κ3) is 7.51. The summed E-state index contributed by atoms with van der Waals surface area (Å²) in [5.74, 6) is 0.465. The molecule has 0 fully saturated rings. The van der Waals surface area contributed by atoms with Gasteiger partial charge in [0.25, 0.3) is 5.56 Å². The lowest BCUT2D eigenvalue weighted by atomic mass is 10.0. The molecule has 0 bridgehead atoms. The fourth-order valence-corrected chi connectivity index (χ4v) is 3.80. The summed E-state index contributed by atoms with van der Waals surface area (Å²) in [5.41, 5.74) is 6.37. The quantitative estimate of drug-likeness (QED) is 0.351. The van der Waals surface area contributed by atoms with E-state index in [0.29, 0.717) is 24.3 Å². The lowest BCUT2D eigenvalue weighted by molar-refractivity contribution is 0.0987. The van der Waals surface area contributed by atoms with Crippen molar-refractivity contribution in [2.75, 3.05) is 0 Å². The van der Waals surface area contributed by atoms with Crippen LogP contribution in [-0.4, -0.2) is 20.4 Å². The molecule has 4 rings (SSSR count). The number of aromatic hydroxyl groups is 1. The van der Waals surface area contributed by atoms with Crippen LogP contribution in [0.15, 0.2) is 90.1 Å². The average Bonchev–Trinajstić information content (AvgIpc) is 2.87. The minimum atomic E-state index is -0.00458. The molecule has 0 saturated carbocycles. The van der Waals surface area contributed by atoms with Gasteiger partial charge in [-0.15, -0.1) is 0 Å². The minimum absolute atomic E-state index is 0.00458. The highest BCUT2D eigenvalue weighted by molar-refractivity contribution is 5.95. The van der Waals surface area contributed by atoms with Crippen molar-refractivity contribution in [3.63, 3.8) is 0 Å². The number of aryl methyl sites for hydroxylation is 2. The Morgan fingerprint density at radius 3 is 2.31 bits per heavy atom. The van der Waals surface area contributed by atoms with Crippen molar-refractivity contribution in [1.29, 1.82) is 0 Å². The Morgan fingerprint density at radius 1 is 0.914 bits per heavy atom. The molecule has 0 saturated heterocycles. The topological polar surface area (TPSA) is 72.2 Å². The Hall–Kier alpha value is -3.99. The summed E-state index contributed by atoms with van der Waals surface area (Å²) in [7, 11) is 0. The molecule has 180 valence electrons. The van der Waals surface area contributed by atoms with Gasteiger partial charge < -0.3 is 9.67 Å². The van der Waals surface area contributed by atoms with Crippen molar-refractivity contribution < 1.29 is 9.90 Å². The highest BCUT2D eigenvalue weighted by Crippen LogP contribution is 2.15. The first-order chi connectivity index (χ1) is 16.9. The summed E-state index contributed by atoms with van der Waals surface area (Å²) in [6, 6.07) is 20.7. The lowest BCUT2D eigenvalue weighted by Gasteiger charge is -2.07. The molecule has 1 N–H and O–H groups in total. The molecule has 0 unspecified atom stereocenters. The molecule has 0 spiro atoms. The molecule has 2 heterocycles. The van der Waals surface area contributed by atoms with E-state index < -0.39 is 0 Å². The third-order valence-electron chi connectivity index (χ3n) is 5.83. The Kier molecular flexibility index (Phi) is 9.13. The molecular formula is C30H32N2O3. The highest BCUT2D eigenvalue weighted by atomic mass is 16.3. The normalized spacial score (nSPS) is 10.4. The zero-order chi connectivity index (χ0) is 25.2. The van der Waals surface area contributed by atoms with E-state index in [-0.39, 0.29) is 11.3 Å². The van der Waals surface area contributed by atoms with Crippen LogP contribution in [0.1, 0.15) is 58.4 Å². The van der Waals surface area contributed by atoms with Crippen LogP contribution in [0.2, 0.25) is 0 Å². The number of hydrogen-bond acceptors (Lipinski definition) is 4. The van der Waals surface area contributed by atoms with Crippen LogP contribution in [0.3, 0.4) is 0 Å². The summed E-state index contributed by atoms with van der Waals surface area (Å²) < 4.78 is 1.68. The number of phenolic OH excluding ortho intramolecular Hbond substituents is 1. The fourth-order valence-electron chi connectivity index (χ4n) is 3.80. The van der Waals surface area contributed by atoms with Gasteiger partial charge in [-0.3, -0.25) is 14.6 Å². The van der Waals surface area contributed by atoms with Gasteiger partial charge >= 0.3 is 0 Å². The molecule has 5 heteroatoms. The van der Waals surface area contributed by atoms with E-state index in [1.54, 1.807) is 47.4 Å². The van der Waals surface area contributed by atoms with Crippen LogP contribution in [0.25, 0.3) is 0 Å². The summed E-state index contributed by atoms with van der Waals surface area (Å²) in [5, 5.41) is 9.03. The molecule has 0 aliphatic heterocycles. The van der Waals surface area contributed by atoms with Crippen molar-refractivity contribution in [3.8, 4) is 5.75 Å². The number of aromatic nitrogens is 2. The number of carbonyl (C=O) groups is 1.